The first-order chi connectivity index (χ1) is 38.7. The predicted molar refractivity (Wildman–Crippen MR) is 367 cm³/mol. The molecule has 0 amide bonds. The van der Waals surface area contributed by atoms with Crippen molar-refractivity contribution in [2.45, 2.75) is 163 Å². The minimum Gasteiger partial charge on any atom is -0.393 e. The lowest BCUT2D eigenvalue weighted by Crippen LogP contribution is -2.29. The van der Waals surface area contributed by atoms with Gasteiger partial charge in [-0.1, -0.05) is 325 Å². The Labute approximate surface area is 501 Å². The van der Waals surface area contributed by atoms with Gasteiger partial charge < -0.3 is 10.2 Å². The highest BCUT2D eigenvalue weighted by molar-refractivity contribution is 5.51. The third kappa shape index (κ3) is 30.6. The minimum atomic E-state index is -0.271. The number of allylic oxidation sites excluding steroid dienone is 51. The normalized spacial score (nSPS) is 21.2. The molecule has 82 heavy (non-hydrogen) atoms. The lowest BCUT2D eigenvalue weighted by Gasteiger charge is -2.38. The molecule has 0 spiro atoms. The van der Waals surface area contributed by atoms with Crippen LogP contribution in [-0.4, -0.2) is 22.4 Å². The fourth-order valence-corrected chi connectivity index (χ4v) is 9.69. The van der Waals surface area contributed by atoms with Crippen LogP contribution in [0.25, 0.3) is 0 Å². The van der Waals surface area contributed by atoms with Gasteiger partial charge in [0, 0.05) is 0 Å². The lowest BCUT2D eigenvalue weighted by molar-refractivity contribution is 0.116. The highest BCUT2D eigenvalue weighted by Gasteiger charge is 2.34. The molecule has 2 rings (SSSR count). The summed E-state index contributed by atoms with van der Waals surface area (Å²) in [7, 11) is 0. The molecule has 0 aromatic heterocycles. The minimum absolute atomic E-state index is 0.00836. The quantitative estimate of drug-likeness (QED) is 0.0848. The van der Waals surface area contributed by atoms with Crippen molar-refractivity contribution >= 4 is 0 Å². The van der Waals surface area contributed by atoms with E-state index in [4.69, 9.17) is 0 Å². The smallest absolute Gasteiger partial charge is 0.0585 e. The van der Waals surface area contributed by atoms with Crippen molar-refractivity contribution in [3.8, 4) is 0 Å². The van der Waals surface area contributed by atoms with Crippen LogP contribution in [0.2, 0.25) is 0 Å². The molecular weight excluding hydrogens is 993 g/mol. The molecule has 0 saturated heterocycles. The van der Waals surface area contributed by atoms with E-state index in [2.05, 4.69) is 350 Å². The van der Waals surface area contributed by atoms with Crippen molar-refractivity contribution in [3.63, 3.8) is 0 Å². The molecule has 2 atom stereocenters. The molecule has 2 N–H and O–H groups in total. The molecule has 2 aliphatic rings. The second kappa shape index (κ2) is 37.8. The topological polar surface area (TPSA) is 40.5 Å². The summed E-state index contributed by atoms with van der Waals surface area (Å²) in [4.78, 5) is 0. The van der Waals surface area contributed by atoms with Gasteiger partial charge in [-0.2, -0.15) is 0 Å². The molecule has 0 aromatic rings. The Bertz CT molecular complexity index is 3030. The van der Waals surface area contributed by atoms with Gasteiger partial charge in [0.2, 0.25) is 0 Å². The molecule has 0 aromatic carbocycles. The van der Waals surface area contributed by atoms with Gasteiger partial charge in [0.1, 0.15) is 0 Å². The Morgan fingerprint density at radius 1 is 0.341 bits per heavy atom. The molecule has 0 aliphatic heterocycles. The highest BCUT2D eigenvalue weighted by atomic mass is 16.3. The maximum Gasteiger partial charge on any atom is 0.0585 e. The first kappa shape index (κ1) is 71.0. The SMILES string of the molecule is C=C(C1=C(C)CC(O)CC1(C)C)/C(C)=C/C=C/C(C)=C/C=C/C(C)=C/C=C/C(C)=C/C=C/C(C)=C/C=C/C(C)=C/C=C/C=C(C)/C=C/C=C(C)/C=C/C=C(C)/C=C/C=C(C)/C=C/C=C(C)/C=C/C=C(C)/C=C/C1=C(C)CC(O)CC1(C)C. The largest absolute Gasteiger partial charge is 0.393 e. The molecule has 0 fully saturated rings. The molecular formula is C80H104O2. The third-order valence-corrected chi connectivity index (χ3v) is 14.2. The fourth-order valence-electron chi connectivity index (χ4n) is 9.69. The molecule has 0 heterocycles. The summed E-state index contributed by atoms with van der Waals surface area (Å²) < 4.78 is 0. The Balaban J connectivity index is 1.79. The molecule has 436 valence electrons. The Hall–Kier alpha value is -7.10. The number of hydrogen-bond donors (Lipinski definition) is 2. The lowest BCUT2D eigenvalue weighted by atomic mass is 9.68. The van der Waals surface area contributed by atoms with E-state index in [1.165, 1.54) is 83.6 Å². The van der Waals surface area contributed by atoms with Crippen molar-refractivity contribution in [2.24, 2.45) is 10.8 Å². The molecule has 0 saturated carbocycles. The van der Waals surface area contributed by atoms with Crippen LogP contribution in [-0.2, 0) is 0 Å². The maximum absolute atomic E-state index is 10.3. The second-order valence-corrected chi connectivity index (χ2v) is 23.9. The first-order valence-corrected chi connectivity index (χ1v) is 29.3. The second-order valence-electron chi connectivity index (χ2n) is 23.9. The molecule has 0 bridgehead atoms. The van der Waals surface area contributed by atoms with E-state index in [1.54, 1.807) is 0 Å². The summed E-state index contributed by atoms with van der Waals surface area (Å²) in [6, 6.07) is 0. The number of rotatable bonds is 26. The summed E-state index contributed by atoms with van der Waals surface area (Å²) >= 11 is 0. The Morgan fingerprint density at radius 3 is 0.841 bits per heavy atom. The van der Waals surface area contributed by atoms with Crippen molar-refractivity contribution in [1.82, 2.24) is 0 Å². The summed E-state index contributed by atoms with van der Waals surface area (Å²) in [5.41, 5.74) is 20.3. The van der Waals surface area contributed by atoms with Gasteiger partial charge in [0.05, 0.1) is 12.2 Å². The van der Waals surface area contributed by atoms with E-state index in [-0.39, 0.29) is 23.0 Å². The zero-order chi connectivity index (χ0) is 61.3. The fraction of sp³-hybridized carbons (Fsp3) is 0.325. The monoisotopic (exact) mass is 1100 g/mol. The first-order valence-electron chi connectivity index (χ1n) is 29.3. The van der Waals surface area contributed by atoms with Gasteiger partial charge in [-0.3, -0.25) is 0 Å². The molecule has 2 unspecified atom stereocenters. The van der Waals surface area contributed by atoms with Crippen LogP contribution in [0.3, 0.4) is 0 Å². The van der Waals surface area contributed by atoms with Crippen LogP contribution in [0.5, 0.6) is 0 Å². The van der Waals surface area contributed by atoms with E-state index in [0.29, 0.717) is 0 Å². The highest BCUT2D eigenvalue weighted by Crippen LogP contribution is 2.45. The Kier molecular flexibility index (Phi) is 32.8. The van der Waals surface area contributed by atoms with E-state index >= 15 is 0 Å². The molecule has 2 heteroatoms. The molecule has 2 nitrogen and oxygen atoms in total. The van der Waals surface area contributed by atoms with E-state index < -0.39 is 0 Å². The standard InChI is InChI=1S/C80H104O2/c1-60(34-22-36-62(3)38-24-40-64(5)42-26-43-66(7)46-28-47-68(9)50-30-51-70(11)54-55-77-72(13)56-75(81)58-79(77,16)17)32-20-21-33-61(2)35-23-37-63(4)39-25-41-65(6)44-27-45-67(8)48-29-49-69(10)52-31-53-71(12)74(15)78-73(14)57-76(82)59-80(78,18)19/h20-55,75-76,81-82H,15,56-59H2,1-14,16-19H3/b21-20+,34-22+,35-23+,38-24+,39-25+,42-26+,44-27+,46-28+,48-29+,50-30+,52-31+,55-54+,60-32+,61-33+,62-36+,63-37+,64-40+,65-41+,66-43+,67-45+,68-47+,69-49+,70-51+,71-53+. The van der Waals surface area contributed by atoms with Crippen LogP contribution in [0.4, 0.5) is 0 Å². The number of hydrogen-bond acceptors (Lipinski definition) is 2. The van der Waals surface area contributed by atoms with Crippen LogP contribution >= 0.6 is 0 Å². The van der Waals surface area contributed by atoms with Gasteiger partial charge in [0.25, 0.3) is 0 Å². The average molecular weight is 1100 g/mol. The Morgan fingerprint density at radius 2 is 0.573 bits per heavy atom. The van der Waals surface area contributed by atoms with E-state index in [0.717, 1.165) is 36.8 Å². The van der Waals surface area contributed by atoms with Gasteiger partial charge in [-0.05, 0) is 156 Å². The number of aliphatic hydroxyl groups is 2. The van der Waals surface area contributed by atoms with Gasteiger partial charge in [-0.15, -0.1) is 0 Å². The van der Waals surface area contributed by atoms with Crippen LogP contribution in [0.1, 0.15) is 150 Å². The molecule has 0 radical (unpaired) electrons. The predicted octanol–water partition coefficient (Wildman–Crippen LogP) is 22.6. The maximum atomic E-state index is 10.3. The van der Waals surface area contributed by atoms with E-state index in [9.17, 15) is 10.2 Å². The van der Waals surface area contributed by atoms with Crippen molar-refractivity contribution in [1.29, 1.82) is 0 Å². The van der Waals surface area contributed by atoms with Crippen molar-refractivity contribution in [3.05, 3.63) is 320 Å². The van der Waals surface area contributed by atoms with Crippen LogP contribution in [0.15, 0.2) is 320 Å². The van der Waals surface area contributed by atoms with Crippen LogP contribution < -0.4 is 0 Å². The summed E-state index contributed by atoms with van der Waals surface area (Å²) in [5.74, 6) is 0. The summed E-state index contributed by atoms with van der Waals surface area (Å²) in [6.07, 6.45) is 78.9. The van der Waals surface area contributed by atoms with Gasteiger partial charge in [-0.25, -0.2) is 0 Å². The zero-order valence-corrected chi connectivity index (χ0v) is 53.9. The summed E-state index contributed by atoms with van der Waals surface area (Å²) in [6.45, 7) is 42.9. The average Bonchev–Trinajstić information content (AvgIpc) is 3.54. The van der Waals surface area contributed by atoms with E-state index in [1.807, 2.05) is 0 Å². The summed E-state index contributed by atoms with van der Waals surface area (Å²) in [5, 5.41) is 20.5. The molecule has 2 aliphatic carbocycles. The van der Waals surface area contributed by atoms with Crippen LogP contribution in [0, 0.1) is 10.8 Å². The van der Waals surface area contributed by atoms with Crippen molar-refractivity contribution < 1.29 is 10.2 Å². The third-order valence-electron chi connectivity index (χ3n) is 14.2. The van der Waals surface area contributed by atoms with Gasteiger partial charge in [0.15, 0.2) is 0 Å². The number of aliphatic hydroxyl groups excluding tert-OH is 2. The zero-order valence-electron chi connectivity index (χ0n) is 53.9. The van der Waals surface area contributed by atoms with Crippen molar-refractivity contribution in [2.75, 3.05) is 0 Å². The van der Waals surface area contributed by atoms with Gasteiger partial charge >= 0.3 is 0 Å².